The highest BCUT2D eigenvalue weighted by Crippen LogP contribution is 2.27. The minimum Gasteiger partial charge on any atom is -0.497 e. The Hall–Kier alpha value is -3.24. The Bertz CT molecular complexity index is 950. The largest absolute Gasteiger partial charge is 0.497 e. The fourth-order valence-corrected chi connectivity index (χ4v) is 3.22. The number of aliphatic carboxylic acids is 2. The van der Waals surface area contributed by atoms with Crippen LogP contribution < -0.4 is 9.47 Å². The van der Waals surface area contributed by atoms with Gasteiger partial charge in [0, 0.05) is 6.42 Å². The molecule has 2 aromatic rings. The van der Waals surface area contributed by atoms with Crippen LogP contribution in [0.25, 0.3) is 0 Å². The third-order valence-electron chi connectivity index (χ3n) is 4.31. The van der Waals surface area contributed by atoms with Crippen LogP contribution in [0.15, 0.2) is 48.5 Å². The number of ether oxygens (including phenoxy) is 2. The Morgan fingerprint density at radius 1 is 0.967 bits per heavy atom. The SMILES string of the molecule is COc1ccc(COc2cccc(CC(C#C[Si](C)(C)C)(C(=O)O)C(=O)O)c2)cc1. The normalized spacial score (nSPS) is 11.2. The average Bonchev–Trinajstić information content (AvgIpc) is 2.69. The molecule has 158 valence electrons. The van der Waals surface area contributed by atoms with Crippen LogP contribution in [-0.4, -0.2) is 37.3 Å². The molecule has 0 aliphatic heterocycles. The highest BCUT2D eigenvalue weighted by atomic mass is 28.3. The summed E-state index contributed by atoms with van der Waals surface area (Å²) in [5, 5.41) is 19.4. The Kier molecular flexibility index (Phi) is 7.30. The van der Waals surface area contributed by atoms with Crippen molar-refractivity contribution in [1.82, 2.24) is 0 Å². The van der Waals surface area contributed by atoms with Gasteiger partial charge in [-0.1, -0.05) is 49.8 Å². The van der Waals surface area contributed by atoms with Crippen molar-refractivity contribution in [3.63, 3.8) is 0 Å². The lowest BCUT2D eigenvalue weighted by molar-refractivity contribution is -0.159. The van der Waals surface area contributed by atoms with E-state index < -0.39 is 25.4 Å². The van der Waals surface area contributed by atoms with Crippen LogP contribution in [0.5, 0.6) is 11.5 Å². The van der Waals surface area contributed by atoms with E-state index in [2.05, 4.69) is 11.5 Å². The van der Waals surface area contributed by atoms with E-state index >= 15 is 0 Å². The summed E-state index contributed by atoms with van der Waals surface area (Å²) in [5.74, 6) is 0.903. The average molecular weight is 427 g/mol. The van der Waals surface area contributed by atoms with Crippen LogP contribution in [0, 0.1) is 16.9 Å². The molecule has 0 bridgehead atoms. The van der Waals surface area contributed by atoms with Crippen molar-refractivity contribution in [3.05, 3.63) is 59.7 Å². The van der Waals surface area contributed by atoms with Crippen molar-refractivity contribution in [2.45, 2.75) is 32.7 Å². The maximum atomic E-state index is 11.9. The van der Waals surface area contributed by atoms with Gasteiger partial charge in [-0.05, 0) is 35.4 Å². The van der Waals surface area contributed by atoms with Crippen LogP contribution >= 0.6 is 0 Å². The van der Waals surface area contributed by atoms with Gasteiger partial charge in [-0.25, -0.2) is 9.59 Å². The molecule has 0 aliphatic carbocycles. The van der Waals surface area contributed by atoms with E-state index in [9.17, 15) is 19.8 Å². The Morgan fingerprint density at radius 2 is 1.60 bits per heavy atom. The molecule has 7 heteroatoms. The third-order valence-corrected chi connectivity index (χ3v) is 5.19. The van der Waals surface area contributed by atoms with E-state index in [1.54, 1.807) is 31.4 Å². The van der Waals surface area contributed by atoms with E-state index in [1.807, 2.05) is 43.9 Å². The lowest BCUT2D eigenvalue weighted by atomic mass is 9.82. The van der Waals surface area contributed by atoms with E-state index in [0.717, 1.165) is 11.3 Å². The molecule has 0 unspecified atom stereocenters. The van der Waals surface area contributed by atoms with Gasteiger partial charge in [0.15, 0.2) is 0 Å². The summed E-state index contributed by atoms with van der Waals surface area (Å²) in [6.07, 6.45) is -0.255. The van der Waals surface area contributed by atoms with Crippen molar-refractivity contribution in [1.29, 1.82) is 0 Å². The van der Waals surface area contributed by atoms with E-state index in [0.29, 0.717) is 17.9 Å². The fraction of sp³-hybridized carbons (Fsp3) is 0.304. The number of benzene rings is 2. The Balaban J connectivity index is 2.24. The second-order valence-electron chi connectivity index (χ2n) is 7.98. The summed E-state index contributed by atoms with van der Waals surface area (Å²) < 4.78 is 10.9. The van der Waals surface area contributed by atoms with Crippen LogP contribution in [-0.2, 0) is 22.6 Å². The van der Waals surface area contributed by atoms with Crippen molar-refractivity contribution in [3.8, 4) is 23.0 Å². The van der Waals surface area contributed by atoms with Crippen molar-refractivity contribution in [2.24, 2.45) is 5.41 Å². The zero-order valence-electron chi connectivity index (χ0n) is 17.6. The number of hydrogen-bond acceptors (Lipinski definition) is 4. The zero-order valence-corrected chi connectivity index (χ0v) is 18.6. The molecule has 0 fully saturated rings. The van der Waals surface area contributed by atoms with E-state index in [-0.39, 0.29) is 6.42 Å². The molecule has 0 aromatic heterocycles. The summed E-state index contributed by atoms with van der Waals surface area (Å²) >= 11 is 0. The smallest absolute Gasteiger partial charge is 0.333 e. The maximum absolute atomic E-state index is 11.9. The molecule has 6 nitrogen and oxygen atoms in total. The lowest BCUT2D eigenvalue weighted by Gasteiger charge is -2.20. The summed E-state index contributed by atoms with van der Waals surface area (Å²) in [6.45, 7) is 6.11. The third kappa shape index (κ3) is 6.13. The molecule has 0 saturated carbocycles. The van der Waals surface area contributed by atoms with Gasteiger partial charge in [-0.3, -0.25) is 0 Å². The van der Waals surface area contributed by atoms with Crippen LogP contribution in [0.4, 0.5) is 0 Å². The first-order valence-electron chi connectivity index (χ1n) is 9.41. The molecule has 0 saturated heterocycles. The first-order valence-corrected chi connectivity index (χ1v) is 12.9. The van der Waals surface area contributed by atoms with Crippen molar-refractivity contribution in [2.75, 3.05) is 7.11 Å². The van der Waals surface area contributed by atoms with Gasteiger partial charge in [-0.15, -0.1) is 5.54 Å². The molecule has 2 rings (SSSR count). The number of methoxy groups -OCH3 is 1. The molecular weight excluding hydrogens is 400 g/mol. The number of hydrogen-bond donors (Lipinski definition) is 2. The number of carbonyl (C=O) groups is 2. The molecule has 2 N–H and O–H groups in total. The zero-order chi connectivity index (χ0) is 22.4. The Labute approximate surface area is 177 Å². The van der Waals surface area contributed by atoms with Crippen molar-refractivity contribution < 1.29 is 29.3 Å². The molecule has 0 heterocycles. The summed E-state index contributed by atoms with van der Waals surface area (Å²) in [6, 6.07) is 14.2. The number of carboxylic acids is 2. The minimum absolute atomic E-state index is 0.255. The number of carboxylic acid groups (broad SMARTS) is 2. The van der Waals surface area contributed by atoms with Gasteiger partial charge < -0.3 is 19.7 Å². The second kappa shape index (κ2) is 9.50. The predicted octanol–water partition coefficient (Wildman–Crippen LogP) is 3.85. The topological polar surface area (TPSA) is 93.1 Å². The van der Waals surface area contributed by atoms with Crippen LogP contribution in [0.2, 0.25) is 19.6 Å². The van der Waals surface area contributed by atoms with E-state index in [1.165, 1.54) is 0 Å². The van der Waals surface area contributed by atoms with Gasteiger partial charge >= 0.3 is 11.9 Å². The van der Waals surface area contributed by atoms with Gasteiger partial charge in [0.05, 0.1) is 7.11 Å². The second-order valence-corrected chi connectivity index (χ2v) is 12.7. The molecule has 0 amide bonds. The Morgan fingerprint density at radius 3 is 2.13 bits per heavy atom. The molecular formula is C23H26O6Si. The minimum atomic E-state index is -2.20. The number of rotatable bonds is 8. The van der Waals surface area contributed by atoms with E-state index in [4.69, 9.17) is 9.47 Å². The predicted molar refractivity (Wildman–Crippen MR) is 116 cm³/mol. The molecule has 2 aromatic carbocycles. The maximum Gasteiger partial charge on any atom is 0.333 e. The summed E-state index contributed by atoms with van der Waals surface area (Å²) in [7, 11) is -0.369. The molecule has 0 aliphatic rings. The van der Waals surface area contributed by atoms with Crippen molar-refractivity contribution >= 4 is 20.0 Å². The highest BCUT2D eigenvalue weighted by Gasteiger charge is 2.45. The molecule has 0 atom stereocenters. The van der Waals surface area contributed by atoms with Gasteiger partial charge in [0.2, 0.25) is 5.41 Å². The van der Waals surface area contributed by atoms with Gasteiger partial charge in [0.1, 0.15) is 26.2 Å². The summed E-state index contributed by atoms with van der Waals surface area (Å²) in [5.41, 5.74) is 2.17. The first-order chi connectivity index (χ1) is 14.1. The summed E-state index contributed by atoms with van der Waals surface area (Å²) in [4.78, 5) is 23.8. The monoisotopic (exact) mass is 426 g/mol. The molecule has 30 heavy (non-hydrogen) atoms. The van der Waals surface area contributed by atoms with Crippen LogP contribution in [0.3, 0.4) is 0 Å². The quantitative estimate of drug-likeness (QED) is 0.378. The highest BCUT2D eigenvalue weighted by molar-refractivity contribution is 6.83. The van der Waals surface area contributed by atoms with Gasteiger partial charge in [0.25, 0.3) is 0 Å². The standard InChI is InChI=1S/C23H26O6Si/c1-28-19-10-8-17(9-11-19)16-29-20-7-5-6-18(14-20)15-23(21(24)25,22(26)27)12-13-30(2,3)4/h5-11,14H,15-16H2,1-4H3,(H,24,25)(H,26,27). The lowest BCUT2D eigenvalue weighted by Crippen LogP contribution is -2.40. The first kappa shape index (κ1) is 23.0. The van der Waals surface area contributed by atoms with Crippen LogP contribution in [0.1, 0.15) is 11.1 Å². The molecule has 0 radical (unpaired) electrons. The fourth-order valence-electron chi connectivity index (χ4n) is 2.63. The molecule has 0 spiro atoms. The van der Waals surface area contributed by atoms with Gasteiger partial charge in [-0.2, -0.15) is 0 Å².